The number of aromatic nitrogens is 1. The number of hydrogen-bond acceptors (Lipinski definition) is 4. The zero-order valence-electron chi connectivity index (χ0n) is 11.4. The van der Waals surface area contributed by atoms with E-state index in [0.29, 0.717) is 16.5 Å². The van der Waals surface area contributed by atoms with Gasteiger partial charge in [0.25, 0.3) is 0 Å². The van der Waals surface area contributed by atoms with Crippen LogP contribution < -0.4 is 4.74 Å². The first-order valence-electron chi connectivity index (χ1n) is 5.97. The molecule has 0 radical (unpaired) electrons. The summed E-state index contributed by atoms with van der Waals surface area (Å²) in [5.74, 6) is -0.251. The molecule has 1 N–H and O–H groups in total. The second-order valence-corrected chi connectivity index (χ2v) is 5.95. The van der Waals surface area contributed by atoms with Crippen LogP contribution in [-0.4, -0.2) is 16.1 Å². The van der Waals surface area contributed by atoms with Crippen LogP contribution in [-0.2, 0) is 6.61 Å². The summed E-state index contributed by atoms with van der Waals surface area (Å²) in [5.41, 5.74) is 2.41. The minimum absolute atomic E-state index is 0.249. The maximum absolute atomic E-state index is 11.0. The standard InChI is InChI=1S/C14H14ClNO3S/c1-7-4-10(5-8(2)12(7)15)19-6-11-16-9(3)13(20-11)14(17)18/h4-5H,6H2,1-3H3,(H,17,18). The molecule has 1 aromatic heterocycles. The van der Waals surface area contributed by atoms with Gasteiger partial charge in [0.1, 0.15) is 22.2 Å². The molecule has 1 heterocycles. The van der Waals surface area contributed by atoms with E-state index in [9.17, 15) is 4.79 Å². The number of hydrogen-bond donors (Lipinski definition) is 1. The van der Waals surface area contributed by atoms with E-state index < -0.39 is 5.97 Å². The SMILES string of the molecule is Cc1cc(OCc2nc(C)c(C(=O)O)s2)cc(C)c1Cl. The molecule has 0 aliphatic rings. The van der Waals surface area contributed by atoms with E-state index in [1.807, 2.05) is 26.0 Å². The molecule has 0 saturated heterocycles. The third-order valence-corrected chi connectivity index (χ3v) is 4.52. The minimum Gasteiger partial charge on any atom is -0.486 e. The normalized spacial score (nSPS) is 10.6. The lowest BCUT2D eigenvalue weighted by molar-refractivity contribution is 0.0701. The van der Waals surface area contributed by atoms with Gasteiger partial charge in [-0.15, -0.1) is 11.3 Å². The highest BCUT2D eigenvalue weighted by molar-refractivity contribution is 7.13. The quantitative estimate of drug-likeness (QED) is 0.927. The number of halogens is 1. The number of benzene rings is 1. The molecule has 106 valence electrons. The molecule has 0 aliphatic heterocycles. The molecule has 0 spiro atoms. The number of thiazole rings is 1. The molecule has 20 heavy (non-hydrogen) atoms. The van der Waals surface area contributed by atoms with E-state index in [4.69, 9.17) is 21.4 Å². The summed E-state index contributed by atoms with van der Waals surface area (Å²) < 4.78 is 5.65. The van der Waals surface area contributed by atoms with Gasteiger partial charge in [-0.3, -0.25) is 0 Å². The van der Waals surface area contributed by atoms with Gasteiger partial charge in [0.2, 0.25) is 0 Å². The first-order valence-corrected chi connectivity index (χ1v) is 7.17. The van der Waals surface area contributed by atoms with Crippen molar-refractivity contribution >= 4 is 28.9 Å². The van der Waals surface area contributed by atoms with Gasteiger partial charge < -0.3 is 9.84 Å². The molecule has 1 aromatic carbocycles. The average Bonchev–Trinajstić information content (AvgIpc) is 2.75. The highest BCUT2D eigenvalue weighted by Gasteiger charge is 2.14. The predicted octanol–water partition coefficient (Wildman–Crippen LogP) is 4.00. The summed E-state index contributed by atoms with van der Waals surface area (Å²) in [5, 5.41) is 10.4. The molecule has 6 heteroatoms. The second-order valence-electron chi connectivity index (χ2n) is 4.49. The maximum Gasteiger partial charge on any atom is 0.347 e. The number of carboxylic acid groups (broad SMARTS) is 1. The van der Waals surface area contributed by atoms with Gasteiger partial charge in [-0.1, -0.05) is 11.6 Å². The maximum atomic E-state index is 11.0. The van der Waals surface area contributed by atoms with Gasteiger partial charge in [0, 0.05) is 5.02 Å². The van der Waals surface area contributed by atoms with Crippen LogP contribution in [0.3, 0.4) is 0 Å². The summed E-state index contributed by atoms with van der Waals surface area (Å²) in [6.07, 6.45) is 0. The fraction of sp³-hybridized carbons (Fsp3) is 0.286. The monoisotopic (exact) mass is 311 g/mol. The van der Waals surface area contributed by atoms with Crippen LogP contribution in [0.25, 0.3) is 0 Å². The van der Waals surface area contributed by atoms with Crippen LogP contribution >= 0.6 is 22.9 Å². The Hall–Kier alpha value is -1.59. The first-order chi connectivity index (χ1) is 9.38. The van der Waals surface area contributed by atoms with Crippen molar-refractivity contribution < 1.29 is 14.6 Å². The molecule has 2 aromatic rings. The Labute approximate surface area is 126 Å². The lowest BCUT2D eigenvalue weighted by Gasteiger charge is -2.08. The Bertz CT molecular complexity index is 643. The molecule has 0 saturated carbocycles. The first kappa shape index (κ1) is 14.8. The van der Waals surface area contributed by atoms with Crippen molar-refractivity contribution in [3.63, 3.8) is 0 Å². The molecule has 4 nitrogen and oxygen atoms in total. The smallest absolute Gasteiger partial charge is 0.347 e. The lowest BCUT2D eigenvalue weighted by Crippen LogP contribution is -1.96. The molecule has 0 fully saturated rings. The van der Waals surface area contributed by atoms with E-state index in [1.165, 1.54) is 0 Å². The minimum atomic E-state index is -0.954. The molecule has 0 aliphatic carbocycles. The molecule has 0 amide bonds. The number of rotatable bonds is 4. The van der Waals surface area contributed by atoms with Gasteiger partial charge in [-0.05, 0) is 44.0 Å². The number of aromatic carboxylic acids is 1. The summed E-state index contributed by atoms with van der Waals surface area (Å²) in [7, 11) is 0. The molecular weight excluding hydrogens is 298 g/mol. The summed E-state index contributed by atoms with van der Waals surface area (Å²) in [6, 6.07) is 3.71. The summed E-state index contributed by atoms with van der Waals surface area (Å²) in [4.78, 5) is 15.4. The zero-order valence-corrected chi connectivity index (χ0v) is 12.9. The molecule has 2 rings (SSSR count). The van der Waals surface area contributed by atoms with Crippen molar-refractivity contribution in [3.8, 4) is 5.75 Å². The molecule has 0 bridgehead atoms. The Morgan fingerprint density at radius 2 is 1.95 bits per heavy atom. The number of nitrogens with zero attached hydrogens (tertiary/aromatic N) is 1. The molecule has 0 unspecified atom stereocenters. The number of ether oxygens (including phenoxy) is 1. The van der Waals surface area contributed by atoms with Crippen LogP contribution in [0.15, 0.2) is 12.1 Å². The fourth-order valence-corrected chi connectivity index (χ4v) is 2.77. The van der Waals surface area contributed by atoms with Gasteiger partial charge in [-0.2, -0.15) is 0 Å². The molecule has 0 atom stereocenters. The average molecular weight is 312 g/mol. The topological polar surface area (TPSA) is 59.4 Å². The van der Waals surface area contributed by atoms with Crippen molar-refractivity contribution in [2.45, 2.75) is 27.4 Å². The fourth-order valence-electron chi connectivity index (χ4n) is 1.85. The van der Waals surface area contributed by atoms with Crippen LogP contribution in [0.4, 0.5) is 0 Å². The Morgan fingerprint density at radius 1 is 1.35 bits per heavy atom. The van der Waals surface area contributed by atoms with Crippen molar-refractivity contribution in [2.24, 2.45) is 0 Å². The van der Waals surface area contributed by atoms with Crippen molar-refractivity contribution in [1.82, 2.24) is 4.98 Å². The molecular formula is C14H14ClNO3S. The van der Waals surface area contributed by atoms with Gasteiger partial charge >= 0.3 is 5.97 Å². The van der Waals surface area contributed by atoms with E-state index >= 15 is 0 Å². The van der Waals surface area contributed by atoms with Gasteiger partial charge in [0.15, 0.2) is 0 Å². The van der Waals surface area contributed by atoms with E-state index in [0.717, 1.165) is 27.5 Å². The van der Waals surface area contributed by atoms with Crippen LogP contribution in [0.5, 0.6) is 5.75 Å². The van der Waals surface area contributed by atoms with Crippen LogP contribution in [0.1, 0.15) is 31.5 Å². The van der Waals surface area contributed by atoms with E-state index in [1.54, 1.807) is 6.92 Å². The second kappa shape index (κ2) is 5.81. The Kier molecular flexibility index (Phi) is 4.30. The number of carbonyl (C=O) groups is 1. The van der Waals surface area contributed by atoms with Crippen molar-refractivity contribution in [2.75, 3.05) is 0 Å². The summed E-state index contributed by atoms with van der Waals surface area (Å²) in [6.45, 7) is 5.76. The Morgan fingerprint density at radius 3 is 2.45 bits per heavy atom. The third-order valence-electron chi connectivity index (χ3n) is 2.81. The van der Waals surface area contributed by atoms with Crippen molar-refractivity contribution in [3.05, 3.63) is 43.9 Å². The van der Waals surface area contributed by atoms with E-state index in [2.05, 4.69) is 4.98 Å². The largest absolute Gasteiger partial charge is 0.486 e. The van der Waals surface area contributed by atoms with Crippen LogP contribution in [0, 0.1) is 20.8 Å². The Balaban J connectivity index is 2.13. The third kappa shape index (κ3) is 3.11. The lowest BCUT2D eigenvalue weighted by atomic mass is 10.1. The van der Waals surface area contributed by atoms with E-state index in [-0.39, 0.29) is 11.5 Å². The zero-order chi connectivity index (χ0) is 14.9. The van der Waals surface area contributed by atoms with Crippen LogP contribution in [0.2, 0.25) is 5.02 Å². The highest BCUT2D eigenvalue weighted by Crippen LogP contribution is 2.27. The van der Waals surface area contributed by atoms with Gasteiger partial charge in [0.05, 0.1) is 5.69 Å². The number of carboxylic acids is 1. The van der Waals surface area contributed by atoms with Crippen molar-refractivity contribution in [1.29, 1.82) is 0 Å². The number of aryl methyl sites for hydroxylation is 3. The summed E-state index contributed by atoms with van der Waals surface area (Å²) >= 11 is 7.23. The predicted molar refractivity (Wildman–Crippen MR) is 79.1 cm³/mol. The highest BCUT2D eigenvalue weighted by atomic mass is 35.5. The van der Waals surface area contributed by atoms with Gasteiger partial charge in [-0.25, -0.2) is 9.78 Å².